The number of nitrogens with zero attached hydrogens (tertiary/aromatic N) is 2. The highest BCUT2D eigenvalue weighted by Crippen LogP contribution is 2.64. The van der Waals surface area contributed by atoms with Crippen LogP contribution in [-0.2, 0) is 21.4 Å². The van der Waals surface area contributed by atoms with Crippen LogP contribution in [0.5, 0.6) is 11.5 Å². The van der Waals surface area contributed by atoms with Gasteiger partial charge in [0.15, 0.2) is 17.3 Å². The molecule has 2 heterocycles. The first-order valence-electron chi connectivity index (χ1n) is 17.0. The zero-order valence-corrected chi connectivity index (χ0v) is 26.7. The second-order valence-corrected chi connectivity index (χ2v) is 14.3. The van der Waals surface area contributed by atoms with Crippen molar-refractivity contribution in [1.82, 2.24) is 9.80 Å². The summed E-state index contributed by atoms with van der Waals surface area (Å²) in [6.07, 6.45) is 6.38. The first-order valence-corrected chi connectivity index (χ1v) is 17.0. The van der Waals surface area contributed by atoms with Gasteiger partial charge in [-0.05, 0) is 82.9 Å². The molecule has 2 aromatic rings. The number of benzene rings is 2. The Morgan fingerprint density at radius 1 is 1.09 bits per heavy atom. The number of ether oxygens (including phenoxy) is 2. The van der Waals surface area contributed by atoms with Gasteiger partial charge in [-0.15, -0.1) is 0 Å². The molecule has 2 saturated carbocycles. The number of unbranched alkanes of at least 4 members (excludes halogenated alkanes) is 1. The van der Waals surface area contributed by atoms with E-state index in [2.05, 4.69) is 29.7 Å². The summed E-state index contributed by atoms with van der Waals surface area (Å²) in [7, 11) is 0. The smallest absolute Gasteiger partial charge is 0.308 e. The highest BCUT2D eigenvalue weighted by atomic mass is 16.6. The lowest BCUT2D eigenvalue weighted by Crippen LogP contribution is -2.69. The fourth-order valence-electron chi connectivity index (χ4n) is 9.38. The minimum absolute atomic E-state index is 0.00282. The average molecular weight is 615 g/mol. The number of carbonyl (C=O) groups excluding carboxylic acids is 3. The molecule has 1 N–H and O–H groups in total. The lowest BCUT2D eigenvalue weighted by atomic mass is 9.51. The second-order valence-electron chi connectivity index (χ2n) is 14.3. The van der Waals surface area contributed by atoms with Crippen LogP contribution in [0.2, 0.25) is 0 Å². The fourth-order valence-corrected chi connectivity index (χ4v) is 9.38. The maximum atomic E-state index is 14.0. The van der Waals surface area contributed by atoms with Crippen molar-refractivity contribution >= 4 is 17.7 Å². The molecule has 2 aromatic carbocycles. The monoisotopic (exact) mass is 614 g/mol. The van der Waals surface area contributed by atoms with Crippen molar-refractivity contribution in [3.05, 3.63) is 59.2 Å². The predicted molar refractivity (Wildman–Crippen MR) is 169 cm³/mol. The summed E-state index contributed by atoms with van der Waals surface area (Å²) >= 11 is 0. The summed E-state index contributed by atoms with van der Waals surface area (Å²) < 4.78 is 12.7. The molecule has 240 valence electrons. The molecular weight excluding hydrogens is 568 g/mol. The Balaban J connectivity index is 1.14. The molecule has 8 heteroatoms. The minimum Gasteiger partial charge on any atom is -0.483 e. The fraction of sp³-hybridized carbons (Fsp3) is 0.595. The number of hydrogen-bond acceptors (Lipinski definition) is 7. The summed E-state index contributed by atoms with van der Waals surface area (Å²) in [4.78, 5) is 43.4. The van der Waals surface area contributed by atoms with Crippen molar-refractivity contribution in [3.8, 4) is 11.5 Å². The molecule has 3 aliphatic carbocycles. The number of hydrogen-bond donors (Lipinski definition) is 1. The normalized spacial score (nSPS) is 30.8. The molecule has 7 rings (SSSR count). The number of carbonyl (C=O) groups is 3. The van der Waals surface area contributed by atoms with Gasteiger partial charge in [0, 0.05) is 60.9 Å². The van der Waals surface area contributed by atoms with Crippen LogP contribution in [0.15, 0.2) is 42.5 Å². The molecule has 0 aromatic heterocycles. The van der Waals surface area contributed by atoms with Crippen molar-refractivity contribution in [1.29, 1.82) is 0 Å². The van der Waals surface area contributed by atoms with E-state index in [1.807, 2.05) is 36.4 Å². The molecule has 3 fully saturated rings. The Hall–Kier alpha value is -3.23. The number of likely N-dealkylation sites (tertiary alicyclic amines) is 1. The molecule has 5 aliphatic rings. The summed E-state index contributed by atoms with van der Waals surface area (Å²) in [6.45, 7) is 7.46. The zero-order valence-electron chi connectivity index (χ0n) is 26.7. The summed E-state index contributed by atoms with van der Waals surface area (Å²) in [5.41, 5.74) is 2.94. The van der Waals surface area contributed by atoms with Crippen molar-refractivity contribution in [2.75, 3.05) is 13.1 Å². The Labute approximate surface area is 266 Å². The quantitative estimate of drug-likeness (QED) is 0.163. The van der Waals surface area contributed by atoms with E-state index in [9.17, 15) is 19.5 Å². The lowest BCUT2D eigenvalue weighted by Gasteiger charge is -2.61. The Bertz CT molecular complexity index is 1470. The van der Waals surface area contributed by atoms with E-state index in [4.69, 9.17) is 9.47 Å². The number of Topliss-reactive ketones (excluding diaryl/α,β-unsaturated/α-hetero) is 1. The van der Waals surface area contributed by atoms with Crippen LogP contribution in [0.3, 0.4) is 0 Å². The van der Waals surface area contributed by atoms with Crippen LogP contribution in [0.25, 0.3) is 0 Å². The van der Waals surface area contributed by atoms with Crippen LogP contribution >= 0.6 is 0 Å². The van der Waals surface area contributed by atoms with E-state index in [-0.39, 0.29) is 47.4 Å². The molecule has 1 saturated heterocycles. The lowest BCUT2D eigenvalue weighted by molar-refractivity contribution is -0.146. The SMILES string of the molecule is CC(=O)Oc1ccc2c3c1O[C@H]1[C@@H](N(C(=O)CCCCC(=O)c4ccccc4)C(C)C)CC[C@H]4[C@@H](C2)N(CC2CC2O)CC[C@@]341. The van der Waals surface area contributed by atoms with Gasteiger partial charge in [-0.25, -0.2) is 0 Å². The maximum absolute atomic E-state index is 14.0. The van der Waals surface area contributed by atoms with Crippen LogP contribution in [-0.4, -0.2) is 76.0 Å². The predicted octanol–water partition coefficient (Wildman–Crippen LogP) is 5.08. The van der Waals surface area contributed by atoms with Crippen LogP contribution in [0.1, 0.15) is 93.6 Å². The van der Waals surface area contributed by atoms with E-state index < -0.39 is 0 Å². The molecule has 2 bridgehead atoms. The molecular formula is C37H46N2O6. The molecule has 1 amide bonds. The number of amides is 1. The summed E-state index contributed by atoms with van der Waals surface area (Å²) in [5, 5.41) is 10.1. The Morgan fingerprint density at radius 2 is 1.84 bits per heavy atom. The number of rotatable bonds is 11. The van der Waals surface area contributed by atoms with Gasteiger partial charge in [0.25, 0.3) is 0 Å². The number of ketones is 1. The second kappa shape index (κ2) is 11.8. The third-order valence-electron chi connectivity index (χ3n) is 11.3. The van der Waals surface area contributed by atoms with Gasteiger partial charge in [0.1, 0.15) is 6.10 Å². The number of aliphatic hydroxyl groups excluding tert-OH is 1. The van der Waals surface area contributed by atoms with Gasteiger partial charge < -0.3 is 19.5 Å². The molecule has 7 atom stereocenters. The first-order chi connectivity index (χ1) is 21.7. The molecule has 0 radical (unpaired) electrons. The standard InChI is InChI=1S/C37H46N2O6/c1-22(2)39(33(43)12-8-7-11-30(41)24-9-5-4-6-10-24)28-15-14-27-29-19-25-13-16-32(44-23(3)40)35-34(25)37(27,36(28)45-35)17-18-38(29)21-26-20-31(26)42/h4-6,9-10,13,16,22,26-29,31,36,42H,7-8,11-12,14-15,17-21H2,1-3H3/t26?,27-,28-,29+,31?,36-,37-/m0/s1. The maximum Gasteiger partial charge on any atom is 0.308 e. The van der Waals surface area contributed by atoms with Crippen LogP contribution in [0.4, 0.5) is 0 Å². The Kier molecular flexibility index (Phi) is 8.01. The molecule has 2 unspecified atom stereocenters. The van der Waals surface area contributed by atoms with E-state index >= 15 is 0 Å². The van der Waals surface area contributed by atoms with E-state index in [1.54, 1.807) is 0 Å². The third kappa shape index (κ3) is 5.28. The van der Waals surface area contributed by atoms with Crippen molar-refractivity contribution in [3.63, 3.8) is 0 Å². The van der Waals surface area contributed by atoms with Crippen LogP contribution in [0, 0.1) is 11.8 Å². The van der Waals surface area contributed by atoms with Gasteiger partial charge in [-0.1, -0.05) is 36.4 Å². The van der Waals surface area contributed by atoms with E-state index in [0.717, 1.165) is 50.8 Å². The first kappa shape index (κ1) is 30.4. The van der Waals surface area contributed by atoms with Crippen molar-refractivity contribution in [2.45, 2.75) is 114 Å². The highest BCUT2D eigenvalue weighted by Gasteiger charge is 2.67. The minimum atomic E-state index is -0.369. The van der Waals surface area contributed by atoms with Gasteiger partial charge in [0.2, 0.25) is 5.91 Å². The number of aliphatic hydroxyl groups is 1. The van der Waals surface area contributed by atoms with Crippen molar-refractivity contribution < 1.29 is 29.0 Å². The van der Waals surface area contributed by atoms with E-state index in [1.165, 1.54) is 18.1 Å². The molecule has 45 heavy (non-hydrogen) atoms. The van der Waals surface area contributed by atoms with Crippen LogP contribution < -0.4 is 9.47 Å². The van der Waals surface area contributed by atoms with Gasteiger partial charge in [-0.2, -0.15) is 0 Å². The van der Waals surface area contributed by atoms with Gasteiger partial charge >= 0.3 is 5.97 Å². The number of piperidine rings is 1. The largest absolute Gasteiger partial charge is 0.483 e. The zero-order chi connectivity index (χ0) is 31.5. The van der Waals surface area contributed by atoms with Crippen molar-refractivity contribution in [2.24, 2.45) is 11.8 Å². The third-order valence-corrected chi connectivity index (χ3v) is 11.3. The average Bonchev–Trinajstić information content (AvgIpc) is 3.59. The van der Waals surface area contributed by atoms with Gasteiger partial charge in [0.05, 0.1) is 12.1 Å². The Morgan fingerprint density at radius 3 is 2.56 bits per heavy atom. The number of esters is 1. The molecule has 2 aliphatic heterocycles. The molecule has 8 nitrogen and oxygen atoms in total. The topological polar surface area (TPSA) is 96.4 Å². The van der Waals surface area contributed by atoms with E-state index in [0.29, 0.717) is 55.1 Å². The summed E-state index contributed by atoms with van der Waals surface area (Å²) in [5.74, 6) is 1.78. The summed E-state index contributed by atoms with van der Waals surface area (Å²) in [6, 6.07) is 13.6. The molecule has 1 spiro atoms. The van der Waals surface area contributed by atoms with Gasteiger partial charge in [-0.3, -0.25) is 19.3 Å². The highest BCUT2D eigenvalue weighted by molar-refractivity contribution is 5.96.